The number of hydrogen-bond acceptors (Lipinski definition) is 2. The minimum absolute atomic E-state index is 0.749. The zero-order valence-corrected chi connectivity index (χ0v) is 4.81. The number of nitrogens with one attached hydrogen (secondary N) is 1. The summed E-state index contributed by atoms with van der Waals surface area (Å²) >= 11 is 0. The molecule has 0 spiro atoms. The fourth-order valence-corrected chi connectivity index (χ4v) is 1.34. The lowest BCUT2D eigenvalue weighted by atomic mass is 10.1. The molecule has 0 aromatic carbocycles. The normalized spacial score (nSPS) is 38.2. The van der Waals surface area contributed by atoms with Crippen molar-refractivity contribution in [1.29, 1.82) is 0 Å². The van der Waals surface area contributed by atoms with Crippen molar-refractivity contribution in [1.82, 2.24) is 5.32 Å². The molecule has 2 bridgehead atoms. The summed E-state index contributed by atoms with van der Waals surface area (Å²) in [6.45, 7) is 1.94. The third-order valence-corrected chi connectivity index (χ3v) is 1.83. The first-order valence-electron chi connectivity index (χ1n) is 3.16. The maximum absolute atomic E-state index is 5.32. The second-order valence-corrected chi connectivity index (χ2v) is 2.46. The number of hydrogen-bond donors (Lipinski definition) is 1. The maximum Gasteiger partial charge on any atom is 0.112 e. The second-order valence-electron chi connectivity index (χ2n) is 2.46. The van der Waals surface area contributed by atoms with E-state index in [9.17, 15) is 0 Å². The van der Waals surface area contributed by atoms with Gasteiger partial charge >= 0.3 is 0 Å². The number of rotatable bonds is 0. The Kier molecular flexibility index (Phi) is 1.02. The summed E-state index contributed by atoms with van der Waals surface area (Å²) < 4.78 is 5.32. The van der Waals surface area contributed by atoms with Gasteiger partial charge in [0.25, 0.3) is 0 Å². The fourth-order valence-electron chi connectivity index (χ4n) is 1.34. The van der Waals surface area contributed by atoms with Gasteiger partial charge in [0.05, 0.1) is 0 Å². The van der Waals surface area contributed by atoms with E-state index < -0.39 is 0 Å². The van der Waals surface area contributed by atoms with E-state index in [-0.39, 0.29) is 0 Å². The Labute approximate surface area is 49.2 Å². The number of fused-ring (bicyclic) bond motifs is 2. The van der Waals surface area contributed by atoms with Crippen LogP contribution < -0.4 is 5.32 Å². The molecule has 2 aliphatic heterocycles. The quantitative estimate of drug-likeness (QED) is 0.486. The van der Waals surface area contributed by atoms with Crippen molar-refractivity contribution in [2.24, 2.45) is 0 Å². The third-order valence-electron chi connectivity index (χ3n) is 1.83. The average Bonchev–Trinajstić information content (AvgIpc) is 2.12. The van der Waals surface area contributed by atoms with Gasteiger partial charge in [-0.2, -0.15) is 0 Å². The first-order chi connectivity index (χ1) is 3.95. The van der Waals surface area contributed by atoms with E-state index in [2.05, 4.69) is 5.32 Å². The lowest BCUT2D eigenvalue weighted by Crippen LogP contribution is -2.22. The molecule has 1 radical (unpaired) electrons. The van der Waals surface area contributed by atoms with Crippen LogP contribution in [0, 0.1) is 6.10 Å². The summed E-state index contributed by atoms with van der Waals surface area (Å²) in [6.07, 6.45) is 3.63. The molecule has 0 saturated carbocycles. The van der Waals surface area contributed by atoms with Gasteiger partial charge in [-0.3, -0.25) is 0 Å². The van der Waals surface area contributed by atoms with Crippen LogP contribution in [0.3, 0.4) is 0 Å². The molecule has 0 aromatic rings. The molecule has 2 rings (SSSR count). The van der Waals surface area contributed by atoms with Crippen LogP contribution in [-0.4, -0.2) is 19.2 Å². The third kappa shape index (κ3) is 0.644. The predicted octanol–water partition coefficient (Wildman–Crippen LogP) is 0.301. The molecular weight excluding hydrogens is 102 g/mol. The predicted molar refractivity (Wildman–Crippen MR) is 30.2 cm³/mol. The summed E-state index contributed by atoms with van der Waals surface area (Å²) in [5.74, 6) is 0. The highest BCUT2D eigenvalue weighted by Crippen LogP contribution is 2.24. The first kappa shape index (κ1) is 4.77. The Morgan fingerprint density at radius 3 is 3.38 bits per heavy atom. The van der Waals surface area contributed by atoms with Gasteiger partial charge in [0.1, 0.15) is 6.10 Å². The Balaban J connectivity index is 2.03. The SMILES string of the molecule is C1CC2C[C](CN2)O1. The van der Waals surface area contributed by atoms with Crippen LogP contribution in [0.15, 0.2) is 0 Å². The fraction of sp³-hybridized carbons (Fsp3) is 0.833. The topological polar surface area (TPSA) is 21.3 Å². The van der Waals surface area contributed by atoms with Crippen molar-refractivity contribution in [3.63, 3.8) is 0 Å². The van der Waals surface area contributed by atoms with Gasteiger partial charge in [0, 0.05) is 19.2 Å². The van der Waals surface area contributed by atoms with Crippen LogP contribution >= 0.6 is 0 Å². The van der Waals surface area contributed by atoms with Crippen LogP contribution in [-0.2, 0) is 4.74 Å². The summed E-state index contributed by atoms with van der Waals surface area (Å²) in [7, 11) is 0. The van der Waals surface area contributed by atoms with E-state index in [1.54, 1.807) is 0 Å². The summed E-state index contributed by atoms with van der Waals surface area (Å²) in [6, 6.07) is 0.749. The molecular formula is C6H10NO. The molecule has 2 aliphatic rings. The monoisotopic (exact) mass is 112 g/mol. The minimum Gasteiger partial charge on any atom is -0.370 e. The van der Waals surface area contributed by atoms with Gasteiger partial charge in [-0.25, -0.2) is 0 Å². The summed E-state index contributed by atoms with van der Waals surface area (Å²) in [4.78, 5) is 0. The van der Waals surface area contributed by atoms with Crippen molar-refractivity contribution < 1.29 is 4.74 Å². The smallest absolute Gasteiger partial charge is 0.112 e. The van der Waals surface area contributed by atoms with E-state index in [0.717, 1.165) is 19.2 Å². The van der Waals surface area contributed by atoms with E-state index in [0.29, 0.717) is 0 Å². The molecule has 2 heteroatoms. The van der Waals surface area contributed by atoms with Crippen LogP contribution in [0.5, 0.6) is 0 Å². The van der Waals surface area contributed by atoms with Crippen molar-refractivity contribution in [3.05, 3.63) is 6.10 Å². The van der Waals surface area contributed by atoms with Crippen LogP contribution in [0.4, 0.5) is 0 Å². The average molecular weight is 112 g/mol. The van der Waals surface area contributed by atoms with Crippen LogP contribution in [0.25, 0.3) is 0 Å². The molecule has 2 fully saturated rings. The Morgan fingerprint density at radius 2 is 2.62 bits per heavy atom. The van der Waals surface area contributed by atoms with Gasteiger partial charge < -0.3 is 10.1 Å². The van der Waals surface area contributed by atoms with Crippen molar-refractivity contribution >= 4 is 0 Å². The molecule has 2 nitrogen and oxygen atoms in total. The second kappa shape index (κ2) is 1.71. The molecule has 1 N–H and O–H groups in total. The molecule has 0 aromatic heterocycles. The van der Waals surface area contributed by atoms with E-state index in [4.69, 9.17) is 4.74 Å². The molecule has 1 unspecified atom stereocenters. The van der Waals surface area contributed by atoms with Gasteiger partial charge in [-0.05, 0) is 12.8 Å². The number of ether oxygens (including phenoxy) is 1. The first-order valence-corrected chi connectivity index (χ1v) is 3.16. The lowest BCUT2D eigenvalue weighted by Gasteiger charge is -2.16. The zero-order valence-electron chi connectivity index (χ0n) is 4.81. The Morgan fingerprint density at radius 1 is 1.62 bits per heavy atom. The van der Waals surface area contributed by atoms with E-state index in [1.807, 2.05) is 0 Å². The molecule has 2 heterocycles. The minimum atomic E-state index is 0.749. The maximum atomic E-state index is 5.32. The van der Waals surface area contributed by atoms with Crippen LogP contribution in [0.2, 0.25) is 0 Å². The van der Waals surface area contributed by atoms with Crippen molar-refractivity contribution in [2.75, 3.05) is 13.2 Å². The summed E-state index contributed by atoms with van der Waals surface area (Å²) in [5, 5.41) is 3.36. The highest BCUT2D eigenvalue weighted by Gasteiger charge is 2.29. The summed E-state index contributed by atoms with van der Waals surface area (Å²) in [5.41, 5.74) is 0. The lowest BCUT2D eigenvalue weighted by molar-refractivity contribution is 0.118. The molecule has 0 aliphatic carbocycles. The van der Waals surface area contributed by atoms with Gasteiger partial charge in [-0.1, -0.05) is 0 Å². The highest BCUT2D eigenvalue weighted by molar-refractivity contribution is 4.98. The van der Waals surface area contributed by atoms with Gasteiger partial charge in [0.15, 0.2) is 0 Å². The van der Waals surface area contributed by atoms with Gasteiger partial charge in [0.2, 0.25) is 0 Å². The molecule has 8 heavy (non-hydrogen) atoms. The zero-order chi connectivity index (χ0) is 5.40. The standard InChI is InChI=1S/C6H10NO/c1-2-8-6-3-5(1)7-4-6/h5,7H,1-4H2. The Hall–Kier alpha value is -0.0800. The molecule has 1 atom stereocenters. The molecule has 2 saturated heterocycles. The van der Waals surface area contributed by atoms with E-state index >= 15 is 0 Å². The largest absolute Gasteiger partial charge is 0.370 e. The molecule has 0 amide bonds. The van der Waals surface area contributed by atoms with Gasteiger partial charge in [-0.15, -0.1) is 0 Å². The van der Waals surface area contributed by atoms with Crippen molar-refractivity contribution in [2.45, 2.75) is 18.9 Å². The Bertz CT molecular complexity index is 80.5. The highest BCUT2D eigenvalue weighted by atomic mass is 16.5. The van der Waals surface area contributed by atoms with Crippen molar-refractivity contribution in [3.8, 4) is 0 Å². The van der Waals surface area contributed by atoms with Crippen LogP contribution in [0.1, 0.15) is 12.8 Å². The molecule has 45 valence electrons. The van der Waals surface area contributed by atoms with E-state index in [1.165, 1.54) is 18.9 Å².